The van der Waals surface area contributed by atoms with Gasteiger partial charge in [0.15, 0.2) is 0 Å². The van der Waals surface area contributed by atoms with Crippen LogP contribution in [0.4, 0.5) is 16.3 Å². The molecule has 0 atom stereocenters. The summed E-state index contributed by atoms with van der Waals surface area (Å²) in [6, 6.07) is 5.59. The molecule has 0 radical (unpaired) electrons. The van der Waals surface area contributed by atoms with E-state index in [4.69, 9.17) is 9.47 Å². The van der Waals surface area contributed by atoms with Crippen molar-refractivity contribution >= 4 is 17.6 Å². The number of anilines is 2. The molecule has 0 unspecified atom stereocenters. The molecule has 1 fully saturated rings. The Morgan fingerprint density at radius 1 is 1.18 bits per heavy atom. The normalized spacial score (nSPS) is 15.2. The number of ether oxygens (including phenoxy) is 2. The monoisotopic (exact) mass is 385 g/mol. The van der Waals surface area contributed by atoms with Crippen LogP contribution >= 0.6 is 0 Å². The molecule has 8 nitrogen and oxygen atoms in total. The number of nitrogens with zero attached hydrogens (tertiary/aromatic N) is 4. The molecule has 8 heteroatoms. The molecule has 1 aliphatic heterocycles. The first kappa shape index (κ1) is 19.9. The average Bonchev–Trinajstić information content (AvgIpc) is 2.61. The van der Waals surface area contributed by atoms with E-state index >= 15 is 0 Å². The van der Waals surface area contributed by atoms with Crippen molar-refractivity contribution in [3.8, 4) is 5.88 Å². The minimum atomic E-state index is -0.484. The zero-order valence-corrected chi connectivity index (χ0v) is 16.8. The summed E-state index contributed by atoms with van der Waals surface area (Å²) in [5.41, 5.74) is 1.34. The van der Waals surface area contributed by atoms with Gasteiger partial charge in [-0.1, -0.05) is 0 Å². The fourth-order valence-electron chi connectivity index (χ4n) is 2.90. The number of piperidine rings is 1. The highest BCUT2D eigenvalue weighted by atomic mass is 16.6. The van der Waals surface area contributed by atoms with Crippen LogP contribution in [0.3, 0.4) is 0 Å². The quantitative estimate of drug-likeness (QED) is 0.858. The fourth-order valence-corrected chi connectivity index (χ4v) is 2.90. The number of amides is 1. The number of carbonyl (C=O) groups is 1. The third-order valence-electron chi connectivity index (χ3n) is 4.19. The second-order valence-electron chi connectivity index (χ2n) is 7.84. The van der Waals surface area contributed by atoms with Gasteiger partial charge in [-0.05, 0) is 39.8 Å². The Morgan fingerprint density at radius 3 is 2.61 bits per heavy atom. The first-order chi connectivity index (χ1) is 13.3. The maximum absolute atomic E-state index is 12.2. The summed E-state index contributed by atoms with van der Waals surface area (Å²) in [6.45, 7) is 8.75. The van der Waals surface area contributed by atoms with Gasteiger partial charge in [0.1, 0.15) is 23.9 Å². The first-order valence-corrected chi connectivity index (χ1v) is 9.45. The Kier molecular flexibility index (Phi) is 5.96. The van der Waals surface area contributed by atoms with E-state index in [0.717, 1.165) is 24.2 Å². The van der Waals surface area contributed by atoms with Crippen molar-refractivity contribution in [1.29, 1.82) is 0 Å². The van der Waals surface area contributed by atoms with Crippen molar-refractivity contribution in [1.82, 2.24) is 19.9 Å². The van der Waals surface area contributed by atoms with Gasteiger partial charge in [-0.3, -0.25) is 4.98 Å². The van der Waals surface area contributed by atoms with Crippen molar-refractivity contribution in [2.75, 3.05) is 18.4 Å². The molecule has 0 spiro atoms. The summed E-state index contributed by atoms with van der Waals surface area (Å²) in [4.78, 5) is 26.5. The fraction of sp³-hybridized carbons (Fsp3) is 0.500. The van der Waals surface area contributed by atoms with E-state index < -0.39 is 5.60 Å². The van der Waals surface area contributed by atoms with E-state index in [1.807, 2.05) is 39.8 Å². The molecular weight excluding hydrogens is 358 g/mol. The minimum absolute atomic E-state index is 0.00427. The summed E-state index contributed by atoms with van der Waals surface area (Å²) in [6.07, 6.45) is 4.41. The maximum Gasteiger partial charge on any atom is 0.410 e. The van der Waals surface area contributed by atoms with Gasteiger partial charge in [0.2, 0.25) is 5.88 Å². The number of aryl methyl sites for hydroxylation is 1. The second-order valence-corrected chi connectivity index (χ2v) is 7.84. The Labute approximate surface area is 165 Å². The third kappa shape index (κ3) is 5.80. The lowest BCUT2D eigenvalue weighted by atomic mass is 10.1. The van der Waals surface area contributed by atoms with Crippen LogP contribution in [-0.4, -0.2) is 50.7 Å². The van der Waals surface area contributed by atoms with Gasteiger partial charge in [0.05, 0.1) is 0 Å². The van der Waals surface area contributed by atoms with Crippen LogP contribution < -0.4 is 10.1 Å². The summed E-state index contributed by atoms with van der Waals surface area (Å²) in [7, 11) is 0. The summed E-state index contributed by atoms with van der Waals surface area (Å²) in [5.74, 6) is 1.17. The van der Waals surface area contributed by atoms with E-state index in [9.17, 15) is 4.79 Å². The summed E-state index contributed by atoms with van der Waals surface area (Å²) < 4.78 is 11.4. The van der Waals surface area contributed by atoms with Crippen molar-refractivity contribution in [2.24, 2.45) is 0 Å². The molecule has 3 rings (SSSR count). The van der Waals surface area contributed by atoms with Crippen molar-refractivity contribution < 1.29 is 14.3 Å². The Hall–Kier alpha value is -2.90. The predicted octanol–water partition coefficient (Wildman–Crippen LogP) is 3.70. The van der Waals surface area contributed by atoms with Gasteiger partial charge in [-0.15, -0.1) is 0 Å². The molecule has 2 aromatic rings. The molecular formula is C20H27N5O3. The van der Waals surface area contributed by atoms with Gasteiger partial charge < -0.3 is 19.7 Å². The van der Waals surface area contributed by atoms with Crippen LogP contribution in [0, 0.1) is 6.92 Å². The molecule has 1 aliphatic rings. The molecule has 0 saturated carbocycles. The van der Waals surface area contributed by atoms with Crippen LogP contribution in [-0.2, 0) is 4.74 Å². The van der Waals surface area contributed by atoms with E-state index in [1.165, 1.54) is 6.33 Å². The summed E-state index contributed by atoms with van der Waals surface area (Å²) in [5, 5.41) is 3.23. The molecule has 0 bridgehead atoms. The smallest absolute Gasteiger partial charge is 0.410 e. The number of nitrogens with one attached hydrogen (secondary N) is 1. The third-order valence-corrected chi connectivity index (χ3v) is 4.19. The second kappa shape index (κ2) is 8.41. The average molecular weight is 385 g/mol. The maximum atomic E-state index is 12.2. The Bertz CT molecular complexity index is 813. The van der Waals surface area contributed by atoms with Crippen LogP contribution in [0.15, 0.2) is 30.7 Å². The van der Waals surface area contributed by atoms with Crippen LogP contribution in [0.1, 0.15) is 39.3 Å². The molecule has 28 heavy (non-hydrogen) atoms. The standard InChI is InChI=1S/C20H27N5O3/c1-14-11-15(5-8-21-14)24-17-12-18(23-13-22-17)27-16-6-9-25(10-7-16)19(26)28-20(2,3)4/h5,8,11-13,16H,6-7,9-10H2,1-4H3,(H,21,22,23,24). The molecule has 0 aliphatic carbocycles. The van der Waals surface area contributed by atoms with Gasteiger partial charge in [0.25, 0.3) is 0 Å². The molecule has 150 valence electrons. The van der Waals surface area contributed by atoms with E-state index in [2.05, 4.69) is 20.3 Å². The lowest BCUT2D eigenvalue weighted by Crippen LogP contribution is -2.44. The van der Waals surface area contributed by atoms with Crippen LogP contribution in [0.25, 0.3) is 0 Å². The number of rotatable bonds is 4. The molecule has 0 aromatic carbocycles. The van der Waals surface area contributed by atoms with Gasteiger partial charge >= 0.3 is 6.09 Å². The van der Waals surface area contributed by atoms with E-state index in [-0.39, 0.29) is 12.2 Å². The zero-order valence-electron chi connectivity index (χ0n) is 16.8. The molecule has 3 heterocycles. The highest BCUT2D eigenvalue weighted by Gasteiger charge is 2.27. The number of carbonyl (C=O) groups excluding carboxylic acids is 1. The summed E-state index contributed by atoms with van der Waals surface area (Å²) >= 11 is 0. The number of likely N-dealkylation sites (tertiary alicyclic amines) is 1. The SMILES string of the molecule is Cc1cc(Nc2cc(OC3CCN(C(=O)OC(C)(C)C)CC3)ncn2)ccn1. The van der Waals surface area contributed by atoms with Gasteiger partial charge in [-0.25, -0.2) is 14.8 Å². The van der Waals surface area contributed by atoms with Crippen molar-refractivity contribution in [3.63, 3.8) is 0 Å². The number of pyridine rings is 1. The predicted molar refractivity (Wildman–Crippen MR) is 106 cm³/mol. The lowest BCUT2D eigenvalue weighted by molar-refractivity contribution is 0.0123. The molecule has 1 amide bonds. The minimum Gasteiger partial charge on any atom is -0.474 e. The Balaban J connectivity index is 1.53. The van der Waals surface area contributed by atoms with Crippen LogP contribution in [0.2, 0.25) is 0 Å². The van der Waals surface area contributed by atoms with Gasteiger partial charge in [-0.2, -0.15) is 0 Å². The largest absolute Gasteiger partial charge is 0.474 e. The molecule has 2 aromatic heterocycles. The number of aromatic nitrogens is 3. The number of hydrogen-bond donors (Lipinski definition) is 1. The van der Waals surface area contributed by atoms with E-state index in [0.29, 0.717) is 24.8 Å². The topological polar surface area (TPSA) is 89.5 Å². The molecule has 1 N–H and O–H groups in total. The number of hydrogen-bond acceptors (Lipinski definition) is 7. The highest BCUT2D eigenvalue weighted by Crippen LogP contribution is 2.22. The Morgan fingerprint density at radius 2 is 1.93 bits per heavy atom. The van der Waals surface area contributed by atoms with Crippen molar-refractivity contribution in [3.05, 3.63) is 36.4 Å². The lowest BCUT2D eigenvalue weighted by Gasteiger charge is -2.33. The van der Waals surface area contributed by atoms with Crippen molar-refractivity contribution in [2.45, 2.75) is 52.2 Å². The van der Waals surface area contributed by atoms with E-state index in [1.54, 1.807) is 17.2 Å². The molecule has 1 saturated heterocycles. The van der Waals surface area contributed by atoms with Gasteiger partial charge in [0, 0.05) is 49.6 Å². The van der Waals surface area contributed by atoms with Crippen LogP contribution in [0.5, 0.6) is 5.88 Å². The first-order valence-electron chi connectivity index (χ1n) is 9.45. The zero-order chi connectivity index (χ0) is 20.1. The highest BCUT2D eigenvalue weighted by molar-refractivity contribution is 5.68.